The number of likely N-dealkylation sites (tertiary alicyclic amines) is 1. The van der Waals surface area contributed by atoms with Gasteiger partial charge in [0.25, 0.3) is 0 Å². The Morgan fingerprint density at radius 1 is 1.43 bits per heavy atom. The van der Waals surface area contributed by atoms with Gasteiger partial charge in [-0.3, -0.25) is 9.59 Å². The van der Waals surface area contributed by atoms with E-state index in [0.717, 1.165) is 26.1 Å². The van der Waals surface area contributed by atoms with Crippen molar-refractivity contribution < 1.29 is 9.59 Å². The number of carbonyl (C=O) groups is 2. The SMILES string of the molecule is CC(C)[C@H](N)C(=O)NCC(=O)N(C)CC1CCCN(C)C1. The molecular formula is C15H30N4O2. The number of likely N-dealkylation sites (N-methyl/N-ethyl adjacent to an activating group) is 1. The standard InChI is InChI=1S/C15H30N4O2/c1-11(2)14(16)15(21)17-8-13(20)19(4)10-12-6-5-7-18(3)9-12/h11-12,14H,5-10,16H2,1-4H3,(H,17,21)/t12?,14-/m0/s1. The van der Waals surface area contributed by atoms with Crippen LogP contribution in [0.15, 0.2) is 0 Å². The summed E-state index contributed by atoms with van der Waals surface area (Å²) in [5.41, 5.74) is 5.74. The van der Waals surface area contributed by atoms with Gasteiger partial charge in [-0.15, -0.1) is 0 Å². The highest BCUT2D eigenvalue weighted by molar-refractivity contribution is 5.87. The van der Waals surface area contributed by atoms with Gasteiger partial charge in [0.2, 0.25) is 11.8 Å². The average Bonchev–Trinajstić information content (AvgIpc) is 2.43. The fraction of sp³-hybridized carbons (Fsp3) is 0.867. The van der Waals surface area contributed by atoms with Gasteiger partial charge >= 0.3 is 0 Å². The molecule has 1 aliphatic heterocycles. The predicted molar refractivity (Wildman–Crippen MR) is 83.7 cm³/mol. The summed E-state index contributed by atoms with van der Waals surface area (Å²) in [6.45, 7) is 6.71. The van der Waals surface area contributed by atoms with Crippen LogP contribution < -0.4 is 11.1 Å². The Labute approximate surface area is 128 Å². The van der Waals surface area contributed by atoms with E-state index in [0.29, 0.717) is 5.92 Å². The highest BCUT2D eigenvalue weighted by Gasteiger charge is 2.22. The molecule has 1 fully saturated rings. The fourth-order valence-electron chi connectivity index (χ4n) is 2.63. The molecule has 0 aromatic carbocycles. The second-order valence-electron chi connectivity index (χ2n) is 6.53. The number of carbonyl (C=O) groups excluding carboxylic acids is 2. The number of rotatable bonds is 6. The molecule has 3 N–H and O–H groups in total. The molecule has 1 saturated heterocycles. The Bertz CT molecular complexity index is 360. The Morgan fingerprint density at radius 2 is 2.10 bits per heavy atom. The minimum Gasteiger partial charge on any atom is -0.346 e. The maximum absolute atomic E-state index is 12.1. The Balaban J connectivity index is 2.32. The number of nitrogens with two attached hydrogens (primary N) is 1. The van der Waals surface area contributed by atoms with E-state index in [-0.39, 0.29) is 24.3 Å². The molecule has 2 atom stereocenters. The zero-order valence-corrected chi connectivity index (χ0v) is 13.8. The monoisotopic (exact) mass is 298 g/mol. The third-order valence-electron chi connectivity index (χ3n) is 4.11. The molecule has 1 aliphatic rings. The molecule has 1 heterocycles. The van der Waals surface area contributed by atoms with Gasteiger partial charge in [-0.05, 0) is 38.3 Å². The van der Waals surface area contributed by atoms with Gasteiger partial charge < -0.3 is 20.9 Å². The van der Waals surface area contributed by atoms with Gasteiger partial charge in [0.1, 0.15) is 0 Å². The van der Waals surface area contributed by atoms with E-state index < -0.39 is 6.04 Å². The highest BCUT2D eigenvalue weighted by atomic mass is 16.2. The molecule has 0 bridgehead atoms. The topological polar surface area (TPSA) is 78.7 Å². The molecule has 0 aromatic heterocycles. The van der Waals surface area contributed by atoms with Gasteiger partial charge in [0.15, 0.2) is 0 Å². The molecule has 6 nitrogen and oxygen atoms in total. The molecule has 1 rings (SSSR count). The Kier molecular flexibility index (Phi) is 7.11. The molecule has 2 amide bonds. The van der Waals surface area contributed by atoms with Crippen molar-refractivity contribution in [3.05, 3.63) is 0 Å². The first kappa shape index (κ1) is 17.9. The minimum absolute atomic E-state index is 0.0261. The van der Waals surface area contributed by atoms with Crippen molar-refractivity contribution in [2.24, 2.45) is 17.6 Å². The molecule has 1 unspecified atom stereocenters. The maximum atomic E-state index is 12.1. The summed E-state index contributed by atoms with van der Waals surface area (Å²) in [5.74, 6) is 0.263. The molecule has 0 aliphatic carbocycles. The molecule has 0 aromatic rings. The summed E-state index contributed by atoms with van der Waals surface area (Å²) >= 11 is 0. The average molecular weight is 298 g/mol. The Morgan fingerprint density at radius 3 is 2.67 bits per heavy atom. The second-order valence-corrected chi connectivity index (χ2v) is 6.53. The van der Waals surface area contributed by atoms with Crippen LogP contribution in [0.5, 0.6) is 0 Å². The van der Waals surface area contributed by atoms with Crippen LogP contribution in [0.1, 0.15) is 26.7 Å². The quantitative estimate of drug-likeness (QED) is 0.717. The van der Waals surface area contributed by atoms with Gasteiger partial charge in [-0.25, -0.2) is 0 Å². The highest BCUT2D eigenvalue weighted by Crippen LogP contribution is 2.15. The first-order valence-corrected chi connectivity index (χ1v) is 7.77. The third-order valence-corrected chi connectivity index (χ3v) is 4.11. The van der Waals surface area contributed by atoms with Crippen LogP contribution in [-0.4, -0.2) is 67.9 Å². The van der Waals surface area contributed by atoms with E-state index in [1.165, 1.54) is 6.42 Å². The number of hydrogen-bond donors (Lipinski definition) is 2. The van der Waals surface area contributed by atoms with E-state index in [2.05, 4.69) is 17.3 Å². The van der Waals surface area contributed by atoms with Crippen molar-refractivity contribution >= 4 is 11.8 Å². The molecule has 0 saturated carbocycles. The number of amides is 2. The summed E-state index contributed by atoms with van der Waals surface area (Å²) < 4.78 is 0. The molecule has 0 spiro atoms. The first-order valence-electron chi connectivity index (χ1n) is 7.77. The van der Waals surface area contributed by atoms with Crippen LogP contribution in [0.25, 0.3) is 0 Å². The lowest BCUT2D eigenvalue weighted by Crippen LogP contribution is -2.48. The second kappa shape index (κ2) is 8.34. The number of nitrogens with zero attached hydrogens (tertiary/aromatic N) is 2. The van der Waals surface area contributed by atoms with Crippen molar-refractivity contribution in [1.29, 1.82) is 0 Å². The minimum atomic E-state index is -0.560. The van der Waals surface area contributed by atoms with Crippen molar-refractivity contribution in [3.63, 3.8) is 0 Å². The van der Waals surface area contributed by atoms with Gasteiger partial charge in [-0.2, -0.15) is 0 Å². The van der Waals surface area contributed by atoms with Crippen molar-refractivity contribution in [2.45, 2.75) is 32.7 Å². The van der Waals surface area contributed by atoms with E-state index in [4.69, 9.17) is 5.73 Å². The van der Waals surface area contributed by atoms with Crippen LogP contribution in [0.4, 0.5) is 0 Å². The van der Waals surface area contributed by atoms with Crippen molar-refractivity contribution in [3.8, 4) is 0 Å². The van der Waals surface area contributed by atoms with E-state index in [1.807, 2.05) is 13.8 Å². The lowest BCUT2D eigenvalue weighted by atomic mass is 9.98. The van der Waals surface area contributed by atoms with Crippen LogP contribution in [0, 0.1) is 11.8 Å². The van der Waals surface area contributed by atoms with Gasteiger partial charge in [-0.1, -0.05) is 13.8 Å². The van der Waals surface area contributed by atoms with E-state index in [9.17, 15) is 9.59 Å². The predicted octanol–water partition coefficient (Wildman–Crippen LogP) is -0.114. The molecule has 122 valence electrons. The molecule has 0 radical (unpaired) electrons. The lowest BCUT2D eigenvalue weighted by molar-refractivity contribution is -0.133. The fourth-order valence-corrected chi connectivity index (χ4v) is 2.63. The van der Waals surface area contributed by atoms with E-state index in [1.54, 1.807) is 11.9 Å². The third kappa shape index (κ3) is 6.01. The van der Waals surface area contributed by atoms with E-state index >= 15 is 0 Å². The molecule has 6 heteroatoms. The summed E-state index contributed by atoms with van der Waals surface area (Å²) in [5, 5.41) is 2.62. The van der Waals surface area contributed by atoms with Crippen LogP contribution in [0.2, 0.25) is 0 Å². The summed E-state index contributed by atoms with van der Waals surface area (Å²) in [6, 6.07) is -0.560. The number of hydrogen-bond acceptors (Lipinski definition) is 4. The molecular weight excluding hydrogens is 268 g/mol. The number of nitrogens with one attached hydrogen (secondary N) is 1. The van der Waals surface area contributed by atoms with Gasteiger partial charge in [0.05, 0.1) is 12.6 Å². The Hall–Kier alpha value is -1.14. The van der Waals surface area contributed by atoms with Crippen LogP contribution in [0.3, 0.4) is 0 Å². The zero-order chi connectivity index (χ0) is 16.0. The van der Waals surface area contributed by atoms with Crippen molar-refractivity contribution in [2.75, 3.05) is 40.3 Å². The van der Waals surface area contributed by atoms with Crippen LogP contribution >= 0.6 is 0 Å². The number of piperidine rings is 1. The summed E-state index contributed by atoms with van der Waals surface area (Å²) in [7, 11) is 3.91. The summed E-state index contributed by atoms with van der Waals surface area (Å²) in [4.78, 5) is 27.8. The maximum Gasteiger partial charge on any atom is 0.241 e. The normalized spacial score (nSPS) is 21.1. The van der Waals surface area contributed by atoms with Crippen molar-refractivity contribution in [1.82, 2.24) is 15.1 Å². The van der Waals surface area contributed by atoms with Gasteiger partial charge in [0, 0.05) is 20.1 Å². The smallest absolute Gasteiger partial charge is 0.241 e. The lowest BCUT2D eigenvalue weighted by Gasteiger charge is -2.32. The van der Waals surface area contributed by atoms with Crippen LogP contribution in [-0.2, 0) is 9.59 Å². The zero-order valence-electron chi connectivity index (χ0n) is 13.8. The molecule has 21 heavy (non-hydrogen) atoms. The summed E-state index contributed by atoms with van der Waals surface area (Å²) in [6.07, 6.45) is 2.34. The first-order chi connectivity index (χ1) is 9.81. The largest absolute Gasteiger partial charge is 0.346 e.